The number of esters is 1. The van der Waals surface area contributed by atoms with Gasteiger partial charge in [-0.2, -0.15) is 0 Å². The fraction of sp³-hybridized carbons (Fsp3) is 0.231. The molecular formula is C13H11Cl2N3O3S. The summed E-state index contributed by atoms with van der Waals surface area (Å²) in [6.07, 6.45) is 1.35. The molecule has 0 saturated heterocycles. The zero-order valence-electron chi connectivity index (χ0n) is 11.6. The van der Waals surface area contributed by atoms with E-state index in [1.807, 2.05) is 0 Å². The number of anilines is 1. The predicted molar refractivity (Wildman–Crippen MR) is 84.8 cm³/mol. The van der Waals surface area contributed by atoms with Crippen LogP contribution in [-0.4, -0.2) is 28.5 Å². The van der Waals surface area contributed by atoms with Gasteiger partial charge < -0.3 is 10.1 Å². The lowest BCUT2D eigenvalue weighted by molar-refractivity contribution is -0.119. The molecule has 0 radical (unpaired) electrons. The number of amides is 1. The van der Waals surface area contributed by atoms with Crippen molar-refractivity contribution in [2.45, 2.75) is 13.8 Å². The molecule has 1 amide bonds. The molecule has 0 fully saturated rings. The number of ether oxygens (including phenoxy) is 1. The van der Waals surface area contributed by atoms with Crippen molar-refractivity contribution in [3.05, 3.63) is 37.9 Å². The molecule has 0 aliphatic heterocycles. The lowest BCUT2D eigenvalue weighted by Crippen LogP contribution is -2.21. The van der Waals surface area contributed by atoms with Crippen LogP contribution < -0.4 is 5.32 Å². The van der Waals surface area contributed by atoms with E-state index in [2.05, 4.69) is 15.3 Å². The van der Waals surface area contributed by atoms with E-state index in [4.69, 9.17) is 27.9 Å². The Morgan fingerprint density at radius 2 is 2.09 bits per heavy atom. The number of hydrogen-bond acceptors (Lipinski definition) is 6. The Bertz CT molecular complexity index is 733. The van der Waals surface area contributed by atoms with Gasteiger partial charge in [0, 0.05) is 6.20 Å². The minimum Gasteiger partial charge on any atom is -0.451 e. The number of aryl methyl sites for hydroxylation is 2. The van der Waals surface area contributed by atoms with Gasteiger partial charge in [0.05, 0.1) is 20.7 Å². The maximum Gasteiger partial charge on any atom is 0.350 e. The van der Waals surface area contributed by atoms with Gasteiger partial charge in [0.2, 0.25) is 0 Å². The Hall–Kier alpha value is -1.70. The summed E-state index contributed by atoms with van der Waals surface area (Å²) in [7, 11) is 0. The molecule has 22 heavy (non-hydrogen) atoms. The van der Waals surface area contributed by atoms with Gasteiger partial charge >= 0.3 is 5.97 Å². The third kappa shape index (κ3) is 4.16. The Kier molecular flexibility index (Phi) is 5.33. The van der Waals surface area contributed by atoms with E-state index >= 15 is 0 Å². The van der Waals surface area contributed by atoms with Gasteiger partial charge in [-0.05, 0) is 19.9 Å². The summed E-state index contributed by atoms with van der Waals surface area (Å²) in [5.74, 6) is -0.991. The smallest absolute Gasteiger partial charge is 0.350 e. The third-order valence-corrected chi connectivity index (χ3v) is 4.04. The zero-order chi connectivity index (χ0) is 16.3. The summed E-state index contributed by atoms with van der Waals surface area (Å²) in [6.45, 7) is 3.04. The van der Waals surface area contributed by atoms with Gasteiger partial charge in [-0.15, -0.1) is 11.3 Å². The maximum absolute atomic E-state index is 11.9. The quantitative estimate of drug-likeness (QED) is 0.847. The molecule has 1 N–H and O–H groups in total. The molecular weight excluding hydrogens is 349 g/mol. The fourth-order valence-electron chi connectivity index (χ4n) is 1.59. The van der Waals surface area contributed by atoms with Crippen LogP contribution in [0.15, 0.2) is 12.3 Å². The topological polar surface area (TPSA) is 81.2 Å². The maximum atomic E-state index is 11.9. The number of nitrogens with zero attached hydrogens (tertiary/aromatic N) is 2. The van der Waals surface area contributed by atoms with Gasteiger partial charge in [-0.3, -0.25) is 4.79 Å². The van der Waals surface area contributed by atoms with Crippen LogP contribution in [0.1, 0.15) is 20.4 Å². The highest BCUT2D eigenvalue weighted by atomic mass is 35.5. The number of pyridine rings is 1. The first-order valence-corrected chi connectivity index (χ1v) is 7.66. The van der Waals surface area contributed by atoms with E-state index in [1.54, 1.807) is 13.8 Å². The summed E-state index contributed by atoms with van der Waals surface area (Å²) in [5.41, 5.74) is 0.579. The van der Waals surface area contributed by atoms with E-state index in [0.29, 0.717) is 15.6 Å². The minimum absolute atomic E-state index is 0.150. The molecule has 2 rings (SSSR count). The van der Waals surface area contributed by atoms with E-state index < -0.39 is 18.5 Å². The largest absolute Gasteiger partial charge is 0.451 e. The van der Waals surface area contributed by atoms with Crippen molar-refractivity contribution in [3.8, 4) is 0 Å². The lowest BCUT2D eigenvalue weighted by atomic mass is 10.4. The number of carbonyl (C=O) groups is 2. The molecule has 0 aromatic carbocycles. The monoisotopic (exact) mass is 359 g/mol. The molecule has 0 atom stereocenters. The summed E-state index contributed by atoms with van der Waals surface area (Å²) in [5, 5.41) is 3.74. The summed E-state index contributed by atoms with van der Waals surface area (Å²) in [6, 6.07) is 1.45. The van der Waals surface area contributed by atoms with Crippen LogP contribution in [0.25, 0.3) is 0 Å². The van der Waals surface area contributed by atoms with Crippen molar-refractivity contribution >= 4 is 52.2 Å². The van der Waals surface area contributed by atoms with Gasteiger partial charge in [0.15, 0.2) is 12.4 Å². The second-order valence-electron chi connectivity index (χ2n) is 4.26. The molecule has 0 saturated carbocycles. The average Bonchev–Trinajstić information content (AvgIpc) is 2.78. The number of rotatable bonds is 4. The van der Waals surface area contributed by atoms with Crippen molar-refractivity contribution in [2.75, 3.05) is 11.9 Å². The van der Waals surface area contributed by atoms with Crippen LogP contribution >= 0.6 is 34.5 Å². The zero-order valence-corrected chi connectivity index (χ0v) is 14.0. The van der Waals surface area contributed by atoms with Gasteiger partial charge in [-0.1, -0.05) is 23.2 Å². The van der Waals surface area contributed by atoms with Gasteiger partial charge in [-0.25, -0.2) is 14.8 Å². The van der Waals surface area contributed by atoms with Crippen molar-refractivity contribution in [3.63, 3.8) is 0 Å². The first-order valence-electron chi connectivity index (χ1n) is 6.09. The SMILES string of the molecule is Cc1nc(C)c(C(=O)OCC(=O)Nc2ncc(Cl)cc2Cl)s1. The second-order valence-corrected chi connectivity index (χ2v) is 6.30. The molecule has 2 heterocycles. The molecule has 6 nitrogen and oxygen atoms in total. The van der Waals surface area contributed by atoms with Crippen molar-refractivity contribution in [1.29, 1.82) is 0 Å². The molecule has 2 aromatic rings. The summed E-state index contributed by atoms with van der Waals surface area (Å²) in [4.78, 5) is 32.0. The Morgan fingerprint density at radius 3 is 2.68 bits per heavy atom. The van der Waals surface area contributed by atoms with Crippen molar-refractivity contribution in [2.24, 2.45) is 0 Å². The molecule has 0 unspecified atom stereocenters. The summed E-state index contributed by atoms with van der Waals surface area (Å²) < 4.78 is 4.94. The van der Waals surface area contributed by atoms with E-state index in [9.17, 15) is 9.59 Å². The van der Waals surface area contributed by atoms with Gasteiger partial charge in [0.1, 0.15) is 4.88 Å². The highest BCUT2D eigenvalue weighted by Gasteiger charge is 2.17. The molecule has 116 valence electrons. The number of thiazole rings is 1. The highest BCUT2D eigenvalue weighted by molar-refractivity contribution is 7.13. The first kappa shape index (κ1) is 16.7. The highest BCUT2D eigenvalue weighted by Crippen LogP contribution is 2.22. The Balaban J connectivity index is 1.92. The number of nitrogens with one attached hydrogen (secondary N) is 1. The Labute approximate surface area is 140 Å². The van der Waals surface area contributed by atoms with E-state index in [1.165, 1.54) is 23.6 Å². The number of aromatic nitrogens is 2. The Morgan fingerprint density at radius 1 is 1.36 bits per heavy atom. The average molecular weight is 360 g/mol. The molecule has 2 aromatic heterocycles. The van der Waals surface area contributed by atoms with Crippen LogP contribution in [0, 0.1) is 13.8 Å². The lowest BCUT2D eigenvalue weighted by Gasteiger charge is -2.07. The number of hydrogen-bond donors (Lipinski definition) is 1. The fourth-order valence-corrected chi connectivity index (χ4v) is 2.83. The van der Waals surface area contributed by atoms with E-state index in [0.717, 1.165) is 5.01 Å². The normalized spacial score (nSPS) is 10.4. The van der Waals surface area contributed by atoms with Crippen molar-refractivity contribution < 1.29 is 14.3 Å². The van der Waals surface area contributed by atoms with E-state index in [-0.39, 0.29) is 10.8 Å². The number of halogens is 2. The molecule has 0 aliphatic carbocycles. The number of carbonyl (C=O) groups excluding carboxylic acids is 2. The van der Waals surface area contributed by atoms with Crippen LogP contribution in [0.5, 0.6) is 0 Å². The third-order valence-electron chi connectivity index (χ3n) is 2.49. The van der Waals surface area contributed by atoms with Crippen molar-refractivity contribution in [1.82, 2.24) is 9.97 Å². The van der Waals surface area contributed by atoms with Crippen LogP contribution in [-0.2, 0) is 9.53 Å². The first-order chi connectivity index (χ1) is 10.4. The van der Waals surface area contributed by atoms with Crippen LogP contribution in [0.3, 0.4) is 0 Å². The van der Waals surface area contributed by atoms with Crippen LogP contribution in [0.2, 0.25) is 10.0 Å². The molecule has 0 bridgehead atoms. The minimum atomic E-state index is -0.589. The van der Waals surface area contributed by atoms with Gasteiger partial charge in [0.25, 0.3) is 5.91 Å². The standard InChI is InChI=1S/C13H11Cl2N3O3S/c1-6-11(22-7(2)17-6)13(20)21-5-10(19)18-12-9(15)3-8(14)4-16-12/h3-4H,5H2,1-2H3,(H,16,18,19). The van der Waals surface area contributed by atoms with Crippen LogP contribution in [0.4, 0.5) is 5.82 Å². The molecule has 0 spiro atoms. The summed E-state index contributed by atoms with van der Waals surface area (Å²) >= 11 is 12.8. The molecule has 0 aliphatic rings. The predicted octanol–water partition coefficient (Wildman–Crippen LogP) is 3.26. The molecule has 9 heteroatoms. The second kappa shape index (κ2) is 7.04.